The SMILES string of the molecule is CC(=O)c1cccc(Nc2ccnc(C#N)n2)c1. The van der Waals surface area contributed by atoms with Gasteiger partial charge in [-0.2, -0.15) is 5.26 Å². The third-order valence-electron chi connectivity index (χ3n) is 2.30. The smallest absolute Gasteiger partial charge is 0.234 e. The Morgan fingerprint density at radius 1 is 1.39 bits per heavy atom. The molecule has 0 fully saturated rings. The number of anilines is 2. The van der Waals surface area contributed by atoms with Gasteiger partial charge in [0, 0.05) is 17.4 Å². The summed E-state index contributed by atoms with van der Waals surface area (Å²) in [7, 11) is 0. The van der Waals surface area contributed by atoms with E-state index < -0.39 is 0 Å². The van der Waals surface area contributed by atoms with Crippen LogP contribution in [0.3, 0.4) is 0 Å². The summed E-state index contributed by atoms with van der Waals surface area (Å²) < 4.78 is 0. The Hall–Kier alpha value is -2.74. The maximum atomic E-state index is 11.3. The van der Waals surface area contributed by atoms with Crippen LogP contribution in [0.25, 0.3) is 0 Å². The highest BCUT2D eigenvalue weighted by molar-refractivity contribution is 5.95. The zero-order valence-electron chi connectivity index (χ0n) is 9.71. The fraction of sp³-hybridized carbons (Fsp3) is 0.0769. The summed E-state index contributed by atoms with van der Waals surface area (Å²) in [6, 6.07) is 10.6. The van der Waals surface area contributed by atoms with Crippen LogP contribution in [-0.2, 0) is 0 Å². The number of nitriles is 1. The Labute approximate surface area is 104 Å². The number of rotatable bonds is 3. The first-order chi connectivity index (χ1) is 8.69. The van der Waals surface area contributed by atoms with Crippen LogP contribution in [0.4, 0.5) is 11.5 Å². The molecule has 1 aromatic heterocycles. The predicted molar refractivity (Wildman–Crippen MR) is 66.5 cm³/mol. The second-order valence-corrected chi connectivity index (χ2v) is 3.64. The van der Waals surface area contributed by atoms with E-state index in [1.165, 1.54) is 13.1 Å². The number of ketones is 1. The Balaban J connectivity index is 2.26. The maximum absolute atomic E-state index is 11.3. The van der Waals surface area contributed by atoms with Crippen LogP contribution in [0.1, 0.15) is 23.1 Å². The van der Waals surface area contributed by atoms with E-state index in [4.69, 9.17) is 5.26 Å². The van der Waals surface area contributed by atoms with E-state index in [1.807, 2.05) is 12.1 Å². The predicted octanol–water partition coefficient (Wildman–Crippen LogP) is 2.29. The molecule has 1 heterocycles. The van der Waals surface area contributed by atoms with Gasteiger partial charge in [0.05, 0.1) is 0 Å². The Kier molecular flexibility index (Phi) is 3.30. The number of Topliss-reactive ketones (excluding diaryl/α,β-unsaturated/α-hetero) is 1. The van der Waals surface area contributed by atoms with Gasteiger partial charge in [-0.3, -0.25) is 4.79 Å². The molecule has 5 heteroatoms. The van der Waals surface area contributed by atoms with E-state index in [1.54, 1.807) is 24.3 Å². The van der Waals surface area contributed by atoms with Crippen LogP contribution in [0.2, 0.25) is 0 Å². The second kappa shape index (κ2) is 5.06. The summed E-state index contributed by atoms with van der Waals surface area (Å²) in [5.41, 5.74) is 1.36. The number of nitrogens with one attached hydrogen (secondary N) is 1. The molecule has 0 unspecified atom stereocenters. The normalized spacial score (nSPS) is 9.56. The van der Waals surface area contributed by atoms with Gasteiger partial charge in [0.2, 0.25) is 5.82 Å². The molecule has 0 radical (unpaired) electrons. The summed E-state index contributed by atoms with van der Waals surface area (Å²) >= 11 is 0. The molecule has 0 aliphatic rings. The zero-order chi connectivity index (χ0) is 13.0. The van der Waals surface area contributed by atoms with Crippen molar-refractivity contribution in [1.29, 1.82) is 5.26 Å². The minimum Gasteiger partial charge on any atom is -0.340 e. The standard InChI is InChI=1S/C13H10N4O/c1-9(18)10-3-2-4-11(7-10)16-12-5-6-15-13(8-14)17-12/h2-7H,1H3,(H,15,16,17). The van der Waals surface area contributed by atoms with E-state index in [2.05, 4.69) is 15.3 Å². The number of benzene rings is 1. The molecule has 0 saturated heterocycles. The van der Waals surface area contributed by atoms with Crippen LogP contribution in [0.5, 0.6) is 0 Å². The van der Waals surface area contributed by atoms with E-state index >= 15 is 0 Å². The Morgan fingerprint density at radius 3 is 2.94 bits per heavy atom. The molecule has 2 aromatic rings. The number of aromatic nitrogens is 2. The van der Waals surface area contributed by atoms with Crippen molar-refractivity contribution in [2.24, 2.45) is 0 Å². The molecular formula is C13H10N4O. The first-order valence-corrected chi connectivity index (χ1v) is 5.30. The van der Waals surface area contributed by atoms with Crippen molar-refractivity contribution in [3.05, 3.63) is 47.9 Å². The quantitative estimate of drug-likeness (QED) is 0.830. The van der Waals surface area contributed by atoms with Crippen molar-refractivity contribution in [3.63, 3.8) is 0 Å². The molecule has 2 rings (SSSR count). The van der Waals surface area contributed by atoms with Crippen molar-refractivity contribution >= 4 is 17.3 Å². The van der Waals surface area contributed by atoms with Gasteiger partial charge >= 0.3 is 0 Å². The molecule has 1 N–H and O–H groups in total. The topological polar surface area (TPSA) is 78.7 Å². The molecule has 0 atom stereocenters. The Morgan fingerprint density at radius 2 is 2.22 bits per heavy atom. The molecule has 0 spiro atoms. The van der Waals surface area contributed by atoms with Crippen molar-refractivity contribution in [1.82, 2.24) is 9.97 Å². The highest BCUT2D eigenvalue weighted by atomic mass is 16.1. The van der Waals surface area contributed by atoms with E-state index in [9.17, 15) is 4.79 Å². The molecule has 5 nitrogen and oxygen atoms in total. The van der Waals surface area contributed by atoms with E-state index in [-0.39, 0.29) is 11.6 Å². The van der Waals surface area contributed by atoms with Gasteiger partial charge in [-0.15, -0.1) is 0 Å². The van der Waals surface area contributed by atoms with Gasteiger partial charge in [0.1, 0.15) is 11.9 Å². The lowest BCUT2D eigenvalue weighted by atomic mass is 10.1. The molecule has 0 aliphatic carbocycles. The summed E-state index contributed by atoms with van der Waals surface area (Å²) in [6.45, 7) is 1.51. The highest BCUT2D eigenvalue weighted by Gasteiger charge is 2.02. The van der Waals surface area contributed by atoms with Gasteiger partial charge in [-0.1, -0.05) is 12.1 Å². The van der Waals surface area contributed by atoms with Crippen molar-refractivity contribution in [3.8, 4) is 6.07 Å². The van der Waals surface area contributed by atoms with Gasteiger partial charge in [0.15, 0.2) is 5.78 Å². The summed E-state index contributed by atoms with van der Waals surface area (Å²) in [5.74, 6) is 0.615. The molecular weight excluding hydrogens is 228 g/mol. The summed E-state index contributed by atoms with van der Waals surface area (Å²) in [4.78, 5) is 19.0. The summed E-state index contributed by atoms with van der Waals surface area (Å²) in [5, 5.41) is 11.7. The monoisotopic (exact) mass is 238 g/mol. The fourth-order valence-electron chi connectivity index (χ4n) is 1.45. The largest absolute Gasteiger partial charge is 0.340 e. The molecule has 0 amide bonds. The average Bonchev–Trinajstić information content (AvgIpc) is 2.39. The van der Waals surface area contributed by atoms with Gasteiger partial charge < -0.3 is 5.32 Å². The third-order valence-corrected chi connectivity index (χ3v) is 2.30. The summed E-state index contributed by atoms with van der Waals surface area (Å²) in [6.07, 6.45) is 1.50. The number of hydrogen-bond acceptors (Lipinski definition) is 5. The van der Waals surface area contributed by atoms with E-state index in [0.29, 0.717) is 11.4 Å². The molecule has 18 heavy (non-hydrogen) atoms. The molecule has 88 valence electrons. The van der Waals surface area contributed by atoms with Gasteiger partial charge in [-0.05, 0) is 25.1 Å². The lowest BCUT2D eigenvalue weighted by molar-refractivity contribution is 0.101. The zero-order valence-corrected chi connectivity index (χ0v) is 9.71. The van der Waals surface area contributed by atoms with Gasteiger partial charge in [-0.25, -0.2) is 9.97 Å². The number of carbonyl (C=O) groups is 1. The minimum absolute atomic E-state index is 0.000878. The molecule has 0 saturated carbocycles. The van der Waals surface area contributed by atoms with Crippen LogP contribution in [0, 0.1) is 11.3 Å². The van der Waals surface area contributed by atoms with Crippen molar-refractivity contribution in [2.75, 3.05) is 5.32 Å². The van der Waals surface area contributed by atoms with Crippen LogP contribution < -0.4 is 5.32 Å². The highest BCUT2D eigenvalue weighted by Crippen LogP contribution is 2.16. The van der Waals surface area contributed by atoms with Crippen molar-refractivity contribution < 1.29 is 4.79 Å². The molecule has 1 aromatic carbocycles. The van der Waals surface area contributed by atoms with Crippen LogP contribution >= 0.6 is 0 Å². The van der Waals surface area contributed by atoms with Crippen LogP contribution in [0.15, 0.2) is 36.5 Å². The lowest BCUT2D eigenvalue weighted by Gasteiger charge is -2.06. The minimum atomic E-state index is -0.000878. The second-order valence-electron chi connectivity index (χ2n) is 3.64. The number of hydrogen-bond donors (Lipinski definition) is 1. The van der Waals surface area contributed by atoms with Crippen molar-refractivity contribution in [2.45, 2.75) is 6.92 Å². The molecule has 0 aliphatic heterocycles. The lowest BCUT2D eigenvalue weighted by Crippen LogP contribution is -1.98. The first-order valence-electron chi connectivity index (χ1n) is 5.30. The number of carbonyl (C=O) groups excluding carboxylic acids is 1. The number of nitrogens with zero attached hydrogens (tertiary/aromatic N) is 3. The molecule has 0 bridgehead atoms. The third kappa shape index (κ3) is 2.68. The maximum Gasteiger partial charge on any atom is 0.234 e. The fourth-order valence-corrected chi connectivity index (χ4v) is 1.45. The van der Waals surface area contributed by atoms with Crippen LogP contribution in [-0.4, -0.2) is 15.8 Å². The first kappa shape index (κ1) is 11.7. The van der Waals surface area contributed by atoms with E-state index in [0.717, 1.165) is 5.69 Å². The van der Waals surface area contributed by atoms with Gasteiger partial charge in [0.25, 0.3) is 0 Å². The average molecular weight is 238 g/mol. The Bertz CT molecular complexity index is 631.